The maximum Gasteiger partial charge on any atom is 0.0197 e. The second-order valence-corrected chi connectivity index (χ2v) is 2.43. The summed E-state index contributed by atoms with van der Waals surface area (Å²) in [6.45, 7) is 0. The number of rotatable bonds is 0. The van der Waals surface area contributed by atoms with Crippen molar-refractivity contribution < 1.29 is 0 Å². The van der Waals surface area contributed by atoms with Crippen LogP contribution in [0.3, 0.4) is 0 Å². The Labute approximate surface area is 50.0 Å². The Balaban J connectivity index is 2.36. The summed E-state index contributed by atoms with van der Waals surface area (Å²) in [4.78, 5) is 0. The molecule has 7 heavy (non-hydrogen) atoms. The zero-order chi connectivity index (χ0) is 5.11. The van der Waals surface area contributed by atoms with Crippen LogP contribution in [0.2, 0.25) is 0 Å². The van der Waals surface area contributed by atoms with Crippen LogP contribution in [-0.4, -0.2) is 5.25 Å². The van der Waals surface area contributed by atoms with Gasteiger partial charge in [-0.2, -0.15) is 12.6 Å². The van der Waals surface area contributed by atoms with Gasteiger partial charge in [-0.3, -0.25) is 0 Å². The minimum absolute atomic E-state index is 0.519. The summed E-state index contributed by atoms with van der Waals surface area (Å²) >= 11 is 4.25. The lowest BCUT2D eigenvalue weighted by Gasteiger charge is -2.07. The molecule has 1 heteroatoms. The molecule has 0 saturated heterocycles. The van der Waals surface area contributed by atoms with Gasteiger partial charge in [0.25, 0.3) is 0 Å². The van der Waals surface area contributed by atoms with Crippen molar-refractivity contribution in [1.82, 2.24) is 0 Å². The number of hydrogen-bond acceptors (Lipinski definition) is 1. The van der Waals surface area contributed by atoms with Crippen molar-refractivity contribution in [3.63, 3.8) is 0 Å². The molecule has 1 aliphatic rings. The summed E-state index contributed by atoms with van der Waals surface area (Å²) in [5.41, 5.74) is 0. The first-order chi connectivity index (χ1) is 3.39. The molecule has 0 aromatic carbocycles. The molecule has 1 atom stereocenters. The highest BCUT2D eigenvalue weighted by Crippen LogP contribution is 2.13. The van der Waals surface area contributed by atoms with Gasteiger partial charge in [-0.1, -0.05) is 12.2 Å². The Hall–Kier alpha value is 0.0900. The van der Waals surface area contributed by atoms with E-state index in [0.29, 0.717) is 5.25 Å². The molecule has 1 rings (SSSR count). The van der Waals surface area contributed by atoms with E-state index in [1.54, 1.807) is 0 Å². The molecule has 39 valence electrons. The van der Waals surface area contributed by atoms with Gasteiger partial charge in [-0.25, -0.2) is 0 Å². The van der Waals surface area contributed by atoms with E-state index < -0.39 is 0 Å². The first-order valence-electron chi connectivity index (χ1n) is 2.57. The van der Waals surface area contributed by atoms with Crippen LogP contribution in [0, 0.1) is 6.42 Å². The van der Waals surface area contributed by atoms with E-state index >= 15 is 0 Å². The molecule has 1 unspecified atom stereocenters. The fraction of sp³-hybridized carbons (Fsp3) is 0.500. The molecule has 0 fully saturated rings. The fourth-order valence-corrected chi connectivity index (χ4v) is 0.915. The van der Waals surface area contributed by atoms with Gasteiger partial charge < -0.3 is 0 Å². The molecule has 0 amide bonds. The molecular weight excluding hydrogens is 104 g/mol. The summed E-state index contributed by atoms with van der Waals surface area (Å²) in [5.74, 6) is 0. The number of hydrogen-bond donors (Lipinski definition) is 1. The molecule has 0 spiro atoms. The third kappa shape index (κ3) is 1.56. The molecular formula is C6H9S. The van der Waals surface area contributed by atoms with Crippen LogP contribution in [0.15, 0.2) is 12.2 Å². The van der Waals surface area contributed by atoms with E-state index in [-0.39, 0.29) is 0 Å². The monoisotopic (exact) mass is 113 g/mol. The van der Waals surface area contributed by atoms with E-state index in [4.69, 9.17) is 0 Å². The van der Waals surface area contributed by atoms with Gasteiger partial charge in [0.2, 0.25) is 0 Å². The van der Waals surface area contributed by atoms with Crippen LogP contribution < -0.4 is 0 Å². The first-order valence-corrected chi connectivity index (χ1v) is 3.09. The Morgan fingerprint density at radius 2 is 2.43 bits per heavy atom. The van der Waals surface area contributed by atoms with Gasteiger partial charge in [-0.15, -0.1) is 0 Å². The summed E-state index contributed by atoms with van der Waals surface area (Å²) in [6, 6.07) is 0. The molecule has 0 nitrogen and oxygen atoms in total. The van der Waals surface area contributed by atoms with Crippen LogP contribution in [0.1, 0.15) is 12.8 Å². The Morgan fingerprint density at radius 3 is 2.71 bits per heavy atom. The SMILES string of the molecule is SC1C=C[CH]CC1. The quantitative estimate of drug-likeness (QED) is 0.455. The molecule has 0 bridgehead atoms. The van der Waals surface area contributed by atoms with Gasteiger partial charge in [-0.05, 0) is 19.3 Å². The lowest BCUT2D eigenvalue weighted by Crippen LogP contribution is -1.97. The second-order valence-electron chi connectivity index (χ2n) is 1.77. The van der Waals surface area contributed by atoms with Crippen molar-refractivity contribution in [2.24, 2.45) is 0 Å². The highest BCUT2D eigenvalue weighted by molar-refractivity contribution is 7.81. The fourth-order valence-electron chi connectivity index (χ4n) is 0.666. The van der Waals surface area contributed by atoms with E-state index in [1.807, 2.05) is 0 Å². The lowest BCUT2D eigenvalue weighted by atomic mass is 10.1. The normalized spacial score (nSPS) is 30.7. The number of allylic oxidation sites excluding steroid dienone is 1. The molecule has 0 aromatic rings. The molecule has 0 saturated carbocycles. The third-order valence-electron chi connectivity index (χ3n) is 1.10. The van der Waals surface area contributed by atoms with Gasteiger partial charge in [0, 0.05) is 5.25 Å². The van der Waals surface area contributed by atoms with Crippen molar-refractivity contribution in [2.75, 3.05) is 0 Å². The van der Waals surface area contributed by atoms with Gasteiger partial charge in [0.1, 0.15) is 0 Å². The number of thiol groups is 1. The highest BCUT2D eigenvalue weighted by atomic mass is 32.1. The van der Waals surface area contributed by atoms with Crippen molar-refractivity contribution >= 4 is 12.6 Å². The van der Waals surface area contributed by atoms with E-state index in [0.717, 1.165) is 0 Å². The standard InChI is InChI=1S/C6H9S/c7-6-4-2-1-3-5-6/h1-2,4,6-7H,3,5H2. The Morgan fingerprint density at radius 1 is 1.57 bits per heavy atom. The minimum Gasteiger partial charge on any atom is -0.172 e. The predicted octanol–water partition coefficient (Wildman–Crippen LogP) is 1.84. The van der Waals surface area contributed by atoms with E-state index in [9.17, 15) is 0 Å². The van der Waals surface area contributed by atoms with E-state index in [2.05, 4.69) is 31.2 Å². The maximum atomic E-state index is 4.25. The molecule has 0 heterocycles. The van der Waals surface area contributed by atoms with Crippen molar-refractivity contribution in [2.45, 2.75) is 18.1 Å². The van der Waals surface area contributed by atoms with Crippen LogP contribution in [0.4, 0.5) is 0 Å². The van der Waals surface area contributed by atoms with Crippen LogP contribution in [0.5, 0.6) is 0 Å². The Kier molecular flexibility index (Phi) is 1.80. The molecule has 0 aliphatic heterocycles. The molecule has 1 aliphatic carbocycles. The molecule has 0 N–H and O–H groups in total. The van der Waals surface area contributed by atoms with Crippen LogP contribution in [-0.2, 0) is 0 Å². The average molecular weight is 113 g/mol. The average Bonchev–Trinajstić information content (AvgIpc) is 1.69. The maximum absolute atomic E-state index is 4.25. The summed E-state index contributed by atoms with van der Waals surface area (Å²) < 4.78 is 0. The van der Waals surface area contributed by atoms with Gasteiger partial charge >= 0.3 is 0 Å². The zero-order valence-corrected chi connectivity index (χ0v) is 5.07. The first kappa shape index (κ1) is 5.23. The lowest BCUT2D eigenvalue weighted by molar-refractivity contribution is 0.835. The Bertz CT molecular complexity index is 76.2. The summed E-state index contributed by atoms with van der Waals surface area (Å²) in [5, 5.41) is 0.519. The highest BCUT2D eigenvalue weighted by Gasteiger charge is 2.00. The van der Waals surface area contributed by atoms with Gasteiger partial charge in [0.15, 0.2) is 0 Å². The summed E-state index contributed by atoms with van der Waals surface area (Å²) in [6.07, 6.45) is 8.78. The van der Waals surface area contributed by atoms with E-state index in [1.165, 1.54) is 12.8 Å². The zero-order valence-electron chi connectivity index (χ0n) is 4.17. The van der Waals surface area contributed by atoms with Crippen LogP contribution in [0.25, 0.3) is 0 Å². The van der Waals surface area contributed by atoms with Crippen molar-refractivity contribution in [3.8, 4) is 0 Å². The minimum atomic E-state index is 0.519. The topological polar surface area (TPSA) is 0 Å². The second kappa shape index (κ2) is 2.41. The van der Waals surface area contributed by atoms with Crippen molar-refractivity contribution in [1.29, 1.82) is 0 Å². The molecule has 1 radical (unpaired) electrons. The largest absolute Gasteiger partial charge is 0.172 e. The summed E-state index contributed by atoms with van der Waals surface area (Å²) in [7, 11) is 0. The van der Waals surface area contributed by atoms with Crippen LogP contribution >= 0.6 is 12.6 Å². The molecule has 0 aromatic heterocycles. The predicted molar refractivity (Wildman–Crippen MR) is 35.4 cm³/mol. The smallest absolute Gasteiger partial charge is 0.0197 e. The van der Waals surface area contributed by atoms with Crippen molar-refractivity contribution in [3.05, 3.63) is 18.6 Å². The van der Waals surface area contributed by atoms with Gasteiger partial charge in [0.05, 0.1) is 0 Å². The third-order valence-corrected chi connectivity index (χ3v) is 1.53.